The number of nitrogens with zero attached hydrogens (tertiary/aromatic N) is 1. The van der Waals surface area contributed by atoms with Crippen molar-refractivity contribution in [1.82, 2.24) is 10.2 Å². The molecule has 2 fully saturated rings. The van der Waals surface area contributed by atoms with Gasteiger partial charge in [-0.15, -0.1) is 0 Å². The maximum absolute atomic E-state index is 11.7. The summed E-state index contributed by atoms with van der Waals surface area (Å²) in [5.41, 5.74) is 5.13. The molecule has 1 saturated heterocycles. The summed E-state index contributed by atoms with van der Waals surface area (Å²) in [6.45, 7) is 5.25. The SMILES string of the molecule is CNC(CN1CCC(C)C1)(C(N)=O)C1CC1. The number of rotatable bonds is 5. The lowest BCUT2D eigenvalue weighted by molar-refractivity contribution is -0.126. The zero-order valence-corrected chi connectivity index (χ0v) is 10.3. The molecule has 0 aromatic carbocycles. The summed E-state index contributed by atoms with van der Waals surface area (Å²) in [5.74, 6) is 1.02. The van der Waals surface area contributed by atoms with Crippen LogP contribution in [0.3, 0.4) is 0 Å². The van der Waals surface area contributed by atoms with Gasteiger partial charge < -0.3 is 16.0 Å². The molecule has 2 rings (SSSR count). The summed E-state index contributed by atoms with van der Waals surface area (Å²) in [7, 11) is 1.86. The highest BCUT2D eigenvalue weighted by molar-refractivity contribution is 5.86. The molecule has 1 heterocycles. The summed E-state index contributed by atoms with van der Waals surface area (Å²) in [4.78, 5) is 14.1. The fourth-order valence-corrected chi connectivity index (χ4v) is 2.91. The Morgan fingerprint density at radius 1 is 1.50 bits per heavy atom. The Morgan fingerprint density at radius 2 is 2.19 bits per heavy atom. The van der Waals surface area contributed by atoms with Crippen LogP contribution in [-0.4, -0.2) is 43.0 Å². The van der Waals surface area contributed by atoms with Crippen LogP contribution in [0.4, 0.5) is 0 Å². The van der Waals surface area contributed by atoms with Gasteiger partial charge in [-0.2, -0.15) is 0 Å². The largest absolute Gasteiger partial charge is 0.368 e. The summed E-state index contributed by atoms with van der Waals surface area (Å²) in [6, 6.07) is 0. The molecule has 0 aromatic heterocycles. The fraction of sp³-hybridized carbons (Fsp3) is 0.917. The molecule has 2 unspecified atom stereocenters. The average molecular weight is 225 g/mol. The Morgan fingerprint density at radius 3 is 2.56 bits per heavy atom. The van der Waals surface area contributed by atoms with Gasteiger partial charge in [-0.25, -0.2) is 0 Å². The van der Waals surface area contributed by atoms with Crippen molar-refractivity contribution >= 4 is 5.91 Å². The Labute approximate surface area is 97.6 Å². The van der Waals surface area contributed by atoms with Crippen molar-refractivity contribution in [1.29, 1.82) is 0 Å². The van der Waals surface area contributed by atoms with Gasteiger partial charge in [0, 0.05) is 13.1 Å². The molecule has 2 atom stereocenters. The van der Waals surface area contributed by atoms with Crippen LogP contribution in [0, 0.1) is 11.8 Å². The minimum Gasteiger partial charge on any atom is -0.368 e. The third kappa shape index (κ3) is 2.09. The molecule has 1 aliphatic heterocycles. The summed E-state index contributed by atoms with van der Waals surface area (Å²) >= 11 is 0. The van der Waals surface area contributed by atoms with E-state index in [9.17, 15) is 4.79 Å². The maximum atomic E-state index is 11.7. The number of hydrogen-bond acceptors (Lipinski definition) is 3. The van der Waals surface area contributed by atoms with E-state index >= 15 is 0 Å². The van der Waals surface area contributed by atoms with Crippen LogP contribution < -0.4 is 11.1 Å². The number of nitrogens with two attached hydrogens (primary N) is 1. The normalized spacial score (nSPS) is 30.2. The topological polar surface area (TPSA) is 58.4 Å². The lowest BCUT2D eigenvalue weighted by Crippen LogP contribution is -2.61. The number of carbonyl (C=O) groups is 1. The molecule has 1 amide bonds. The molecule has 0 aromatic rings. The molecule has 0 bridgehead atoms. The molecule has 4 nitrogen and oxygen atoms in total. The minimum atomic E-state index is -0.482. The predicted octanol–water partition coefficient (Wildman–Crippen LogP) is 0.182. The highest BCUT2D eigenvalue weighted by Gasteiger charge is 2.50. The molecule has 0 radical (unpaired) electrons. The third-order valence-corrected chi connectivity index (χ3v) is 4.14. The highest BCUT2D eigenvalue weighted by atomic mass is 16.1. The first-order chi connectivity index (χ1) is 7.58. The van der Waals surface area contributed by atoms with Crippen molar-refractivity contribution in [2.45, 2.75) is 31.7 Å². The summed E-state index contributed by atoms with van der Waals surface area (Å²) < 4.78 is 0. The molecule has 92 valence electrons. The average Bonchev–Trinajstić information content (AvgIpc) is 3.00. The van der Waals surface area contributed by atoms with Crippen molar-refractivity contribution in [3.8, 4) is 0 Å². The van der Waals surface area contributed by atoms with Crippen LogP contribution in [-0.2, 0) is 4.79 Å². The van der Waals surface area contributed by atoms with E-state index in [-0.39, 0.29) is 5.91 Å². The van der Waals surface area contributed by atoms with E-state index in [1.54, 1.807) is 0 Å². The number of carbonyl (C=O) groups excluding carboxylic acids is 1. The van der Waals surface area contributed by atoms with Gasteiger partial charge in [0.05, 0.1) is 0 Å². The molecule has 0 spiro atoms. The quantitative estimate of drug-likeness (QED) is 0.702. The summed E-state index contributed by atoms with van der Waals surface area (Å²) in [5, 5.41) is 3.20. The number of likely N-dealkylation sites (tertiary alicyclic amines) is 1. The third-order valence-electron chi connectivity index (χ3n) is 4.14. The molecule has 3 N–H and O–H groups in total. The van der Waals surface area contributed by atoms with Crippen LogP contribution in [0.25, 0.3) is 0 Å². The Hall–Kier alpha value is -0.610. The van der Waals surface area contributed by atoms with Crippen molar-refractivity contribution in [2.75, 3.05) is 26.7 Å². The van der Waals surface area contributed by atoms with Crippen molar-refractivity contribution in [3.05, 3.63) is 0 Å². The number of hydrogen-bond donors (Lipinski definition) is 2. The molecule has 1 saturated carbocycles. The van der Waals surface area contributed by atoms with Crippen molar-refractivity contribution < 1.29 is 4.79 Å². The first-order valence-corrected chi connectivity index (χ1v) is 6.29. The van der Waals surface area contributed by atoms with Gasteiger partial charge in [0.1, 0.15) is 5.54 Å². The predicted molar refractivity (Wildman–Crippen MR) is 63.9 cm³/mol. The van der Waals surface area contributed by atoms with Crippen LogP contribution >= 0.6 is 0 Å². The van der Waals surface area contributed by atoms with E-state index < -0.39 is 5.54 Å². The van der Waals surface area contributed by atoms with Crippen LogP contribution in [0.2, 0.25) is 0 Å². The molecule has 16 heavy (non-hydrogen) atoms. The number of amides is 1. The zero-order chi connectivity index (χ0) is 11.8. The second-order valence-electron chi connectivity index (χ2n) is 5.49. The van der Waals surface area contributed by atoms with Gasteiger partial charge in [0.2, 0.25) is 5.91 Å². The second kappa shape index (κ2) is 4.34. The van der Waals surface area contributed by atoms with Crippen LogP contribution in [0.1, 0.15) is 26.2 Å². The Bertz CT molecular complexity index is 277. The van der Waals surface area contributed by atoms with E-state index in [4.69, 9.17) is 5.73 Å². The molecular formula is C12H23N3O. The van der Waals surface area contributed by atoms with Crippen molar-refractivity contribution in [2.24, 2.45) is 17.6 Å². The lowest BCUT2D eigenvalue weighted by atomic mass is 9.91. The zero-order valence-electron chi connectivity index (χ0n) is 10.3. The summed E-state index contributed by atoms with van der Waals surface area (Å²) in [6.07, 6.45) is 3.50. The highest BCUT2D eigenvalue weighted by Crippen LogP contribution is 2.40. The molecule has 1 aliphatic carbocycles. The van der Waals surface area contributed by atoms with E-state index in [1.807, 2.05) is 7.05 Å². The van der Waals surface area contributed by atoms with E-state index in [0.717, 1.165) is 38.4 Å². The first-order valence-electron chi connectivity index (χ1n) is 6.29. The number of primary amides is 1. The van der Waals surface area contributed by atoms with Gasteiger partial charge in [-0.3, -0.25) is 4.79 Å². The Balaban J connectivity index is 2.04. The fourth-order valence-electron chi connectivity index (χ4n) is 2.91. The van der Waals surface area contributed by atoms with Crippen LogP contribution in [0.15, 0.2) is 0 Å². The standard InChI is InChI=1S/C12H23N3O/c1-9-5-6-15(7-9)8-12(14-2,11(13)16)10-3-4-10/h9-10,14H,3-8H2,1-2H3,(H2,13,16). The second-order valence-corrected chi connectivity index (χ2v) is 5.49. The van der Waals surface area contributed by atoms with Gasteiger partial charge in [-0.1, -0.05) is 6.92 Å². The van der Waals surface area contributed by atoms with Gasteiger partial charge in [0.15, 0.2) is 0 Å². The van der Waals surface area contributed by atoms with E-state index in [1.165, 1.54) is 6.42 Å². The smallest absolute Gasteiger partial charge is 0.239 e. The van der Waals surface area contributed by atoms with Crippen LogP contribution in [0.5, 0.6) is 0 Å². The lowest BCUT2D eigenvalue weighted by Gasteiger charge is -2.34. The van der Waals surface area contributed by atoms with Crippen molar-refractivity contribution in [3.63, 3.8) is 0 Å². The number of nitrogens with one attached hydrogen (secondary N) is 1. The van der Waals surface area contributed by atoms with Gasteiger partial charge in [-0.05, 0) is 44.7 Å². The van der Waals surface area contributed by atoms with Gasteiger partial charge in [0.25, 0.3) is 0 Å². The molecular weight excluding hydrogens is 202 g/mol. The monoisotopic (exact) mass is 225 g/mol. The van der Waals surface area contributed by atoms with E-state index in [0.29, 0.717) is 5.92 Å². The van der Waals surface area contributed by atoms with Gasteiger partial charge >= 0.3 is 0 Å². The Kier molecular flexibility index (Phi) is 3.22. The van der Waals surface area contributed by atoms with E-state index in [2.05, 4.69) is 17.1 Å². The maximum Gasteiger partial charge on any atom is 0.239 e. The molecule has 4 heteroatoms. The number of likely N-dealkylation sites (N-methyl/N-ethyl adjacent to an activating group) is 1. The minimum absolute atomic E-state index is 0.183. The molecule has 2 aliphatic rings. The first kappa shape index (κ1) is 11.9.